The fourth-order valence-corrected chi connectivity index (χ4v) is 2.52. The third kappa shape index (κ3) is 5.04. The van der Waals surface area contributed by atoms with Crippen molar-refractivity contribution in [1.29, 1.82) is 0 Å². The van der Waals surface area contributed by atoms with Gasteiger partial charge in [0.25, 0.3) is 11.5 Å². The third-order valence-electron chi connectivity index (χ3n) is 3.74. The third-order valence-corrected chi connectivity index (χ3v) is 3.74. The molecule has 0 unspecified atom stereocenters. The summed E-state index contributed by atoms with van der Waals surface area (Å²) in [4.78, 5) is 39.6. The minimum atomic E-state index is -0.541. The molecular weight excluding hydrogens is 324 g/mol. The van der Waals surface area contributed by atoms with Crippen LogP contribution >= 0.6 is 0 Å². The maximum Gasteiger partial charge on any atom is 0.410 e. The van der Waals surface area contributed by atoms with E-state index in [4.69, 9.17) is 4.74 Å². The van der Waals surface area contributed by atoms with E-state index in [1.165, 1.54) is 16.8 Å². The molecule has 0 bridgehead atoms. The molecule has 0 N–H and O–H groups in total. The van der Waals surface area contributed by atoms with E-state index in [0.717, 1.165) is 6.42 Å². The number of ether oxygens (including phenoxy) is 1. The van der Waals surface area contributed by atoms with Crippen molar-refractivity contribution in [3.05, 3.63) is 28.2 Å². The molecule has 0 radical (unpaired) electrons. The summed E-state index contributed by atoms with van der Waals surface area (Å²) >= 11 is 0. The lowest BCUT2D eigenvalue weighted by Gasteiger charge is -2.35. The number of hydrogen-bond donors (Lipinski definition) is 0. The second-order valence-corrected chi connectivity index (χ2v) is 7.04. The van der Waals surface area contributed by atoms with Gasteiger partial charge in [-0.25, -0.2) is 9.48 Å². The molecule has 0 atom stereocenters. The van der Waals surface area contributed by atoms with Gasteiger partial charge in [-0.2, -0.15) is 5.10 Å². The minimum Gasteiger partial charge on any atom is -0.444 e. The van der Waals surface area contributed by atoms with Crippen LogP contribution in [0.5, 0.6) is 0 Å². The molecule has 2 rings (SSSR count). The van der Waals surface area contributed by atoms with Gasteiger partial charge in [-0.1, -0.05) is 6.92 Å². The lowest BCUT2D eigenvalue weighted by molar-refractivity contribution is 0.0140. The second kappa shape index (κ2) is 7.67. The van der Waals surface area contributed by atoms with Crippen LogP contribution in [-0.2, 0) is 11.3 Å². The molecule has 2 heterocycles. The number of rotatable bonds is 3. The maximum absolute atomic E-state index is 12.6. The predicted molar refractivity (Wildman–Crippen MR) is 92.5 cm³/mol. The highest BCUT2D eigenvalue weighted by atomic mass is 16.6. The van der Waals surface area contributed by atoms with E-state index < -0.39 is 5.60 Å². The lowest BCUT2D eigenvalue weighted by Crippen LogP contribution is -2.51. The molecule has 1 saturated heterocycles. The van der Waals surface area contributed by atoms with Crippen LogP contribution in [-0.4, -0.2) is 63.4 Å². The van der Waals surface area contributed by atoms with E-state index in [1.54, 1.807) is 9.80 Å². The minimum absolute atomic E-state index is 0.215. The summed E-state index contributed by atoms with van der Waals surface area (Å²) in [5.41, 5.74) is -0.507. The Morgan fingerprint density at radius 1 is 1.12 bits per heavy atom. The zero-order valence-electron chi connectivity index (χ0n) is 15.3. The van der Waals surface area contributed by atoms with Gasteiger partial charge in [0.15, 0.2) is 0 Å². The van der Waals surface area contributed by atoms with Crippen molar-refractivity contribution >= 4 is 12.0 Å². The topological polar surface area (TPSA) is 84.7 Å². The van der Waals surface area contributed by atoms with Gasteiger partial charge in [0.2, 0.25) is 0 Å². The van der Waals surface area contributed by atoms with Gasteiger partial charge in [0, 0.05) is 38.8 Å². The van der Waals surface area contributed by atoms with Crippen LogP contribution < -0.4 is 5.56 Å². The summed E-state index contributed by atoms with van der Waals surface area (Å²) in [6.45, 7) is 9.53. The quantitative estimate of drug-likeness (QED) is 0.821. The number of carbonyl (C=O) groups is 2. The fourth-order valence-electron chi connectivity index (χ4n) is 2.52. The van der Waals surface area contributed by atoms with E-state index in [9.17, 15) is 14.4 Å². The molecule has 0 saturated carbocycles. The van der Waals surface area contributed by atoms with Crippen molar-refractivity contribution in [2.45, 2.75) is 46.3 Å². The Morgan fingerprint density at radius 2 is 1.72 bits per heavy atom. The number of amides is 2. The summed E-state index contributed by atoms with van der Waals surface area (Å²) in [5, 5.41) is 4.15. The summed E-state index contributed by atoms with van der Waals surface area (Å²) in [6.07, 6.45) is 0.397. The van der Waals surface area contributed by atoms with Crippen LogP contribution in [0.1, 0.15) is 44.6 Å². The van der Waals surface area contributed by atoms with E-state index >= 15 is 0 Å². The molecule has 25 heavy (non-hydrogen) atoms. The molecule has 8 nitrogen and oxygen atoms in total. The van der Waals surface area contributed by atoms with Crippen LogP contribution in [0.15, 0.2) is 16.9 Å². The fraction of sp³-hybridized carbons (Fsp3) is 0.647. The van der Waals surface area contributed by atoms with Crippen molar-refractivity contribution in [3.63, 3.8) is 0 Å². The van der Waals surface area contributed by atoms with Crippen molar-refractivity contribution in [1.82, 2.24) is 19.6 Å². The smallest absolute Gasteiger partial charge is 0.410 e. The number of carbonyl (C=O) groups excluding carboxylic acids is 2. The summed E-state index contributed by atoms with van der Waals surface area (Å²) < 4.78 is 6.66. The molecule has 8 heteroatoms. The van der Waals surface area contributed by atoms with Gasteiger partial charge in [-0.05, 0) is 33.3 Å². The Morgan fingerprint density at radius 3 is 2.28 bits per heavy atom. The van der Waals surface area contributed by atoms with E-state index in [0.29, 0.717) is 32.7 Å². The summed E-state index contributed by atoms with van der Waals surface area (Å²) in [7, 11) is 0. The molecule has 0 aromatic carbocycles. The Balaban J connectivity index is 1.98. The van der Waals surface area contributed by atoms with Crippen LogP contribution in [0.25, 0.3) is 0 Å². The molecular formula is C17H26N4O4. The molecule has 0 aliphatic carbocycles. The average molecular weight is 350 g/mol. The van der Waals surface area contributed by atoms with Crippen LogP contribution in [0.4, 0.5) is 4.79 Å². The molecule has 1 aliphatic heterocycles. The van der Waals surface area contributed by atoms with Gasteiger partial charge >= 0.3 is 6.09 Å². The van der Waals surface area contributed by atoms with Crippen molar-refractivity contribution in [2.24, 2.45) is 0 Å². The zero-order chi connectivity index (χ0) is 18.6. The van der Waals surface area contributed by atoms with Gasteiger partial charge in [0.1, 0.15) is 11.3 Å². The number of nitrogens with zero attached hydrogens (tertiary/aromatic N) is 4. The van der Waals surface area contributed by atoms with Gasteiger partial charge in [-0.3, -0.25) is 9.59 Å². The highest BCUT2D eigenvalue weighted by Crippen LogP contribution is 2.12. The first-order valence-corrected chi connectivity index (χ1v) is 8.56. The maximum atomic E-state index is 12.6. The number of hydrogen-bond acceptors (Lipinski definition) is 5. The van der Waals surface area contributed by atoms with Gasteiger partial charge in [0.05, 0.1) is 0 Å². The van der Waals surface area contributed by atoms with E-state index in [-0.39, 0.29) is 23.3 Å². The Labute approximate surface area is 147 Å². The molecule has 138 valence electrons. The first-order valence-electron chi connectivity index (χ1n) is 8.56. The van der Waals surface area contributed by atoms with Crippen LogP contribution in [0.3, 0.4) is 0 Å². The van der Waals surface area contributed by atoms with E-state index in [1.807, 2.05) is 27.7 Å². The zero-order valence-corrected chi connectivity index (χ0v) is 15.3. The Bertz CT molecular complexity index is 685. The first-order chi connectivity index (χ1) is 11.7. The normalized spacial score (nSPS) is 15.2. The Kier molecular flexibility index (Phi) is 5.81. The van der Waals surface area contributed by atoms with Crippen molar-refractivity contribution in [2.75, 3.05) is 26.2 Å². The largest absolute Gasteiger partial charge is 0.444 e. The lowest BCUT2D eigenvalue weighted by atomic mass is 10.2. The van der Waals surface area contributed by atoms with Gasteiger partial charge in [-0.15, -0.1) is 0 Å². The predicted octanol–water partition coefficient (Wildman–Crippen LogP) is 1.35. The molecule has 1 aromatic rings. The van der Waals surface area contributed by atoms with Crippen LogP contribution in [0, 0.1) is 0 Å². The highest BCUT2D eigenvalue weighted by Gasteiger charge is 2.28. The number of aromatic nitrogens is 2. The second-order valence-electron chi connectivity index (χ2n) is 7.04. The number of piperazine rings is 1. The summed E-state index contributed by atoms with van der Waals surface area (Å²) in [6, 6.07) is 2.82. The molecule has 1 aromatic heterocycles. The molecule has 2 amide bonds. The average Bonchev–Trinajstić information content (AvgIpc) is 2.55. The highest BCUT2D eigenvalue weighted by molar-refractivity contribution is 5.92. The number of aryl methyl sites for hydroxylation is 1. The molecule has 1 aliphatic rings. The SMILES string of the molecule is CCCn1nc(C(=O)N2CCN(C(=O)OC(C)(C)C)CC2)ccc1=O. The Hall–Kier alpha value is -2.38. The van der Waals surface area contributed by atoms with Gasteiger partial charge < -0.3 is 14.5 Å². The van der Waals surface area contributed by atoms with Crippen molar-refractivity contribution < 1.29 is 14.3 Å². The molecule has 1 fully saturated rings. The molecule has 0 spiro atoms. The standard InChI is InChI=1S/C17H26N4O4/c1-5-8-21-14(22)7-6-13(18-21)15(23)19-9-11-20(12-10-19)16(24)25-17(2,3)4/h6-7H,5,8-12H2,1-4H3. The first kappa shape index (κ1) is 19.0. The van der Waals surface area contributed by atoms with Crippen molar-refractivity contribution in [3.8, 4) is 0 Å². The summed E-state index contributed by atoms with van der Waals surface area (Å²) in [5.74, 6) is -0.228. The van der Waals surface area contributed by atoms with Crippen LogP contribution in [0.2, 0.25) is 0 Å². The van der Waals surface area contributed by atoms with E-state index in [2.05, 4.69) is 5.10 Å². The monoisotopic (exact) mass is 350 g/mol.